The lowest BCUT2D eigenvalue weighted by molar-refractivity contribution is 0.114. The Labute approximate surface area is 117 Å². The molecule has 1 aliphatic heterocycles. The molecule has 1 N–H and O–H groups in total. The standard InChI is InChI=1S/C17H26N2/c1-2-6-15(7-3-1)14-18-11-13-19-12-5-9-16-8-4-10-17(16)19/h1-3,6-7,16-18H,4-5,8-14H2. The Morgan fingerprint density at radius 1 is 1.05 bits per heavy atom. The minimum Gasteiger partial charge on any atom is -0.311 e. The highest BCUT2D eigenvalue weighted by Gasteiger charge is 2.34. The fourth-order valence-corrected chi connectivity index (χ4v) is 3.89. The zero-order chi connectivity index (χ0) is 12.9. The molecule has 0 aromatic heterocycles. The molecule has 0 bridgehead atoms. The normalized spacial score (nSPS) is 27.4. The van der Waals surface area contributed by atoms with Gasteiger partial charge in [0.25, 0.3) is 0 Å². The molecule has 1 saturated heterocycles. The number of benzene rings is 1. The zero-order valence-corrected chi connectivity index (χ0v) is 11.9. The van der Waals surface area contributed by atoms with Gasteiger partial charge in [-0.1, -0.05) is 36.8 Å². The first-order chi connectivity index (χ1) is 9.43. The molecular weight excluding hydrogens is 232 g/mol. The van der Waals surface area contributed by atoms with E-state index < -0.39 is 0 Å². The van der Waals surface area contributed by atoms with Crippen molar-refractivity contribution in [2.24, 2.45) is 5.92 Å². The van der Waals surface area contributed by atoms with Crippen LogP contribution in [0, 0.1) is 5.92 Å². The van der Waals surface area contributed by atoms with Crippen molar-refractivity contribution in [2.75, 3.05) is 19.6 Å². The van der Waals surface area contributed by atoms with Crippen LogP contribution in [0.4, 0.5) is 0 Å². The molecule has 1 aromatic rings. The molecule has 104 valence electrons. The van der Waals surface area contributed by atoms with Gasteiger partial charge in [0.05, 0.1) is 0 Å². The van der Waals surface area contributed by atoms with Crippen LogP contribution in [0.3, 0.4) is 0 Å². The summed E-state index contributed by atoms with van der Waals surface area (Å²) >= 11 is 0. The topological polar surface area (TPSA) is 15.3 Å². The highest BCUT2D eigenvalue weighted by atomic mass is 15.2. The van der Waals surface area contributed by atoms with Crippen molar-refractivity contribution in [2.45, 2.75) is 44.7 Å². The van der Waals surface area contributed by atoms with Gasteiger partial charge in [-0.3, -0.25) is 4.90 Å². The molecule has 0 spiro atoms. The van der Waals surface area contributed by atoms with Crippen molar-refractivity contribution in [1.82, 2.24) is 10.2 Å². The van der Waals surface area contributed by atoms with Crippen LogP contribution in [0.15, 0.2) is 30.3 Å². The number of nitrogens with one attached hydrogen (secondary N) is 1. The fourth-order valence-electron chi connectivity index (χ4n) is 3.89. The van der Waals surface area contributed by atoms with Gasteiger partial charge in [-0.25, -0.2) is 0 Å². The molecule has 1 heterocycles. The molecular formula is C17H26N2. The van der Waals surface area contributed by atoms with Gasteiger partial charge < -0.3 is 5.32 Å². The lowest BCUT2D eigenvalue weighted by Gasteiger charge is -2.37. The predicted octanol–water partition coefficient (Wildman–Crippen LogP) is 3.04. The smallest absolute Gasteiger partial charge is 0.0206 e. The van der Waals surface area contributed by atoms with Crippen molar-refractivity contribution in [3.63, 3.8) is 0 Å². The number of rotatable bonds is 5. The van der Waals surface area contributed by atoms with Gasteiger partial charge in [0.15, 0.2) is 0 Å². The highest BCUT2D eigenvalue weighted by Crippen LogP contribution is 2.36. The number of hydrogen-bond donors (Lipinski definition) is 1. The maximum Gasteiger partial charge on any atom is 0.0206 e. The molecule has 2 heteroatoms. The van der Waals surface area contributed by atoms with Crippen LogP contribution in [0.1, 0.15) is 37.7 Å². The largest absolute Gasteiger partial charge is 0.311 e. The SMILES string of the molecule is c1ccc(CNCCN2CCCC3CCCC32)cc1. The first-order valence-corrected chi connectivity index (χ1v) is 7.92. The van der Waals surface area contributed by atoms with E-state index in [1.165, 1.54) is 50.8 Å². The van der Waals surface area contributed by atoms with Gasteiger partial charge in [-0.05, 0) is 43.7 Å². The quantitative estimate of drug-likeness (QED) is 0.817. The zero-order valence-electron chi connectivity index (χ0n) is 11.9. The molecule has 19 heavy (non-hydrogen) atoms. The van der Waals surface area contributed by atoms with E-state index in [0.717, 1.165) is 25.0 Å². The van der Waals surface area contributed by atoms with E-state index >= 15 is 0 Å². The Morgan fingerprint density at radius 2 is 1.89 bits per heavy atom. The van der Waals surface area contributed by atoms with Gasteiger partial charge in [0.2, 0.25) is 0 Å². The number of fused-ring (bicyclic) bond motifs is 1. The molecule has 2 fully saturated rings. The second-order valence-corrected chi connectivity index (χ2v) is 6.10. The third-order valence-corrected chi connectivity index (χ3v) is 4.86. The third kappa shape index (κ3) is 3.37. The molecule has 0 amide bonds. The molecule has 2 unspecified atom stereocenters. The Hall–Kier alpha value is -0.860. The number of nitrogens with zero attached hydrogens (tertiary/aromatic N) is 1. The maximum atomic E-state index is 3.59. The van der Waals surface area contributed by atoms with E-state index in [2.05, 4.69) is 40.5 Å². The van der Waals surface area contributed by atoms with Crippen molar-refractivity contribution in [1.29, 1.82) is 0 Å². The second kappa shape index (κ2) is 6.53. The summed E-state index contributed by atoms with van der Waals surface area (Å²) < 4.78 is 0. The molecule has 2 atom stereocenters. The monoisotopic (exact) mass is 258 g/mol. The summed E-state index contributed by atoms with van der Waals surface area (Å²) in [6, 6.07) is 11.6. The predicted molar refractivity (Wildman–Crippen MR) is 80.1 cm³/mol. The highest BCUT2D eigenvalue weighted by molar-refractivity contribution is 5.14. The third-order valence-electron chi connectivity index (χ3n) is 4.86. The van der Waals surface area contributed by atoms with Gasteiger partial charge in [-0.15, -0.1) is 0 Å². The van der Waals surface area contributed by atoms with E-state index in [9.17, 15) is 0 Å². The maximum absolute atomic E-state index is 3.59. The van der Waals surface area contributed by atoms with Gasteiger partial charge in [0.1, 0.15) is 0 Å². The van der Waals surface area contributed by atoms with Crippen LogP contribution in [0.25, 0.3) is 0 Å². The Morgan fingerprint density at radius 3 is 2.79 bits per heavy atom. The van der Waals surface area contributed by atoms with Crippen LogP contribution in [0.5, 0.6) is 0 Å². The van der Waals surface area contributed by atoms with Crippen LogP contribution in [0.2, 0.25) is 0 Å². The van der Waals surface area contributed by atoms with Gasteiger partial charge in [-0.2, -0.15) is 0 Å². The van der Waals surface area contributed by atoms with Crippen molar-refractivity contribution in [3.05, 3.63) is 35.9 Å². The summed E-state index contributed by atoms with van der Waals surface area (Å²) in [5, 5.41) is 3.59. The van der Waals surface area contributed by atoms with Crippen LogP contribution >= 0.6 is 0 Å². The molecule has 0 radical (unpaired) electrons. The molecule has 1 saturated carbocycles. The number of piperidine rings is 1. The van der Waals surface area contributed by atoms with Gasteiger partial charge >= 0.3 is 0 Å². The molecule has 2 nitrogen and oxygen atoms in total. The van der Waals surface area contributed by atoms with Crippen LogP contribution in [-0.2, 0) is 6.54 Å². The Bertz CT molecular complexity index is 376. The summed E-state index contributed by atoms with van der Waals surface area (Å²) in [6.45, 7) is 4.68. The minimum absolute atomic E-state index is 0.910. The summed E-state index contributed by atoms with van der Waals surface area (Å²) in [5.41, 5.74) is 1.39. The fraction of sp³-hybridized carbons (Fsp3) is 0.647. The first-order valence-electron chi connectivity index (χ1n) is 7.92. The second-order valence-electron chi connectivity index (χ2n) is 6.10. The van der Waals surface area contributed by atoms with Crippen molar-refractivity contribution in [3.8, 4) is 0 Å². The van der Waals surface area contributed by atoms with E-state index in [1.54, 1.807) is 0 Å². The van der Waals surface area contributed by atoms with E-state index in [0.29, 0.717) is 0 Å². The molecule has 2 aliphatic rings. The average Bonchev–Trinajstić information content (AvgIpc) is 2.94. The van der Waals surface area contributed by atoms with E-state index in [4.69, 9.17) is 0 Å². The van der Waals surface area contributed by atoms with E-state index in [-0.39, 0.29) is 0 Å². The number of likely N-dealkylation sites (tertiary alicyclic amines) is 1. The van der Waals surface area contributed by atoms with Crippen LogP contribution < -0.4 is 5.32 Å². The molecule has 3 rings (SSSR count). The Kier molecular flexibility index (Phi) is 4.52. The molecule has 1 aromatic carbocycles. The van der Waals surface area contributed by atoms with E-state index in [1.807, 2.05) is 0 Å². The first kappa shape index (κ1) is 13.1. The number of hydrogen-bond acceptors (Lipinski definition) is 2. The van der Waals surface area contributed by atoms with Gasteiger partial charge in [0, 0.05) is 25.7 Å². The summed E-state index contributed by atoms with van der Waals surface area (Å²) in [6.07, 6.45) is 7.30. The summed E-state index contributed by atoms with van der Waals surface area (Å²) in [4.78, 5) is 2.75. The van der Waals surface area contributed by atoms with Crippen LogP contribution in [-0.4, -0.2) is 30.6 Å². The lowest BCUT2D eigenvalue weighted by Crippen LogP contribution is -2.45. The molecule has 1 aliphatic carbocycles. The summed E-state index contributed by atoms with van der Waals surface area (Å²) in [7, 11) is 0. The average molecular weight is 258 g/mol. The summed E-state index contributed by atoms with van der Waals surface area (Å²) in [5.74, 6) is 1.02. The van der Waals surface area contributed by atoms with Crippen molar-refractivity contribution < 1.29 is 0 Å². The lowest BCUT2D eigenvalue weighted by atomic mass is 9.92. The minimum atomic E-state index is 0.910. The van der Waals surface area contributed by atoms with Crippen molar-refractivity contribution >= 4 is 0 Å². The Balaban J connectivity index is 1.40.